The van der Waals surface area contributed by atoms with E-state index in [4.69, 9.17) is 0 Å². The van der Waals surface area contributed by atoms with Crippen molar-refractivity contribution in [2.24, 2.45) is 0 Å². The molecule has 8 nitrogen and oxygen atoms in total. The fourth-order valence-corrected chi connectivity index (χ4v) is 4.38. The Bertz CT molecular complexity index is 1180. The van der Waals surface area contributed by atoms with Gasteiger partial charge in [-0.25, -0.2) is 14.6 Å². The highest BCUT2D eigenvalue weighted by atomic mass is 32.1. The van der Waals surface area contributed by atoms with E-state index in [-0.39, 0.29) is 5.56 Å². The zero-order valence-electron chi connectivity index (χ0n) is 15.7. The molecule has 146 valence electrons. The third-order valence-corrected chi connectivity index (χ3v) is 5.92. The van der Waals surface area contributed by atoms with Gasteiger partial charge in [0.15, 0.2) is 0 Å². The van der Waals surface area contributed by atoms with Gasteiger partial charge in [0.2, 0.25) is 0 Å². The van der Waals surface area contributed by atoms with Gasteiger partial charge in [0, 0.05) is 38.4 Å². The number of nitrogens with zero attached hydrogens (tertiary/aromatic N) is 7. The lowest BCUT2D eigenvalue weighted by atomic mass is 10.3. The molecule has 0 aromatic carbocycles. The molecule has 4 aromatic heterocycles. The van der Waals surface area contributed by atoms with Gasteiger partial charge in [0.25, 0.3) is 5.56 Å². The lowest BCUT2D eigenvalue weighted by Crippen LogP contribution is -2.47. The lowest BCUT2D eigenvalue weighted by molar-refractivity contribution is 0.595. The van der Waals surface area contributed by atoms with E-state index in [2.05, 4.69) is 29.9 Å². The topological polar surface area (TPSA) is 80.0 Å². The van der Waals surface area contributed by atoms with Crippen molar-refractivity contribution in [1.29, 1.82) is 0 Å². The molecule has 1 saturated heterocycles. The van der Waals surface area contributed by atoms with Crippen LogP contribution in [-0.4, -0.2) is 50.9 Å². The first-order chi connectivity index (χ1) is 14.3. The van der Waals surface area contributed by atoms with E-state index in [1.54, 1.807) is 36.0 Å². The van der Waals surface area contributed by atoms with Gasteiger partial charge in [-0.3, -0.25) is 9.78 Å². The molecule has 0 bridgehead atoms. The highest BCUT2D eigenvalue weighted by Gasteiger charge is 2.21. The number of piperazine rings is 1. The van der Waals surface area contributed by atoms with Crippen molar-refractivity contribution in [3.8, 4) is 0 Å². The molecule has 0 atom stereocenters. The molecule has 0 radical (unpaired) electrons. The highest BCUT2D eigenvalue weighted by Crippen LogP contribution is 2.28. The van der Waals surface area contributed by atoms with Crippen LogP contribution < -0.4 is 15.4 Å². The first-order valence-electron chi connectivity index (χ1n) is 9.44. The quantitative estimate of drug-likeness (QED) is 0.514. The maximum atomic E-state index is 12.2. The summed E-state index contributed by atoms with van der Waals surface area (Å²) in [7, 11) is 0. The van der Waals surface area contributed by atoms with Gasteiger partial charge in [-0.1, -0.05) is 6.07 Å². The molecule has 0 saturated carbocycles. The summed E-state index contributed by atoms with van der Waals surface area (Å²) in [5.41, 5.74) is 1.68. The van der Waals surface area contributed by atoms with E-state index in [1.807, 2.05) is 29.6 Å². The summed E-state index contributed by atoms with van der Waals surface area (Å²) < 4.78 is 2.60. The minimum absolute atomic E-state index is 0.126. The van der Waals surface area contributed by atoms with Crippen molar-refractivity contribution >= 4 is 33.2 Å². The standard InChI is InChI=1S/C20H19N7OS/c28-18-5-4-17(24-27(18)13-15-3-1-2-7-21-15)25-8-10-26(11-9-25)20-19-16(6-12-29-19)22-14-23-20/h1-7,12,14H,8-11,13H2. The Kier molecular flexibility index (Phi) is 4.65. The van der Waals surface area contributed by atoms with Crippen molar-refractivity contribution < 1.29 is 0 Å². The summed E-state index contributed by atoms with van der Waals surface area (Å²) in [6, 6.07) is 11.1. The molecule has 0 N–H and O–H groups in total. The van der Waals surface area contributed by atoms with Crippen LogP contribution in [0.1, 0.15) is 5.69 Å². The monoisotopic (exact) mass is 405 g/mol. The van der Waals surface area contributed by atoms with Gasteiger partial charge in [0.05, 0.1) is 22.5 Å². The Balaban J connectivity index is 1.32. The minimum Gasteiger partial charge on any atom is -0.352 e. The van der Waals surface area contributed by atoms with Crippen LogP contribution >= 0.6 is 11.3 Å². The first-order valence-corrected chi connectivity index (χ1v) is 10.3. The van der Waals surface area contributed by atoms with Gasteiger partial charge in [-0.2, -0.15) is 5.10 Å². The van der Waals surface area contributed by atoms with Crippen molar-refractivity contribution in [3.05, 3.63) is 70.4 Å². The number of fused-ring (bicyclic) bond motifs is 1. The van der Waals surface area contributed by atoms with Crippen LogP contribution in [0.4, 0.5) is 11.6 Å². The van der Waals surface area contributed by atoms with Crippen molar-refractivity contribution in [1.82, 2.24) is 24.7 Å². The van der Waals surface area contributed by atoms with E-state index in [0.29, 0.717) is 6.54 Å². The molecule has 29 heavy (non-hydrogen) atoms. The molecular formula is C20H19N7OS. The fraction of sp³-hybridized carbons (Fsp3) is 0.250. The maximum absolute atomic E-state index is 12.2. The second-order valence-electron chi connectivity index (χ2n) is 6.81. The molecule has 1 aliphatic heterocycles. The lowest BCUT2D eigenvalue weighted by Gasteiger charge is -2.36. The number of hydrogen-bond donors (Lipinski definition) is 0. The second kappa shape index (κ2) is 7.59. The Morgan fingerprint density at radius 2 is 1.79 bits per heavy atom. The average molecular weight is 405 g/mol. The number of anilines is 2. The van der Waals surface area contributed by atoms with Crippen molar-refractivity contribution in [2.45, 2.75) is 6.54 Å². The summed E-state index contributed by atoms with van der Waals surface area (Å²) in [5.74, 6) is 1.81. The fourth-order valence-electron chi connectivity index (χ4n) is 3.51. The summed E-state index contributed by atoms with van der Waals surface area (Å²) >= 11 is 1.67. The van der Waals surface area contributed by atoms with Crippen molar-refractivity contribution in [3.63, 3.8) is 0 Å². The Morgan fingerprint density at radius 3 is 2.62 bits per heavy atom. The van der Waals surface area contributed by atoms with E-state index in [1.165, 1.54) is 4.68 Å². The molecule has 1 fully saturated rings. The molecule has 0 spiro atoms. The van der Waals surface area contributed by atoms with Crippen LogP contribution in [0.25, 0.3) is 10.2 Å². The average Bonchev–Trinajstić information content (AvgIpc) is 3.25. The summed E-state index contributed by atoms with van der Waals surface area (Å²) in [6.45, 7) is 3.66. The van der Waals surface area contributed by atoms with Gasteiger partial charge in [-0.15, -0.1) is 11.3 Å². The van der Waals surface area contributed by atoms with Crippen LogP contribution in [0.2, 0.25) is 0 Å². The van der Waals surface area contributed by atoms with Crippen LogP contribution in [0.5, 0.6) is 0 Å². The third kappa shape index (κ3) is 3.56. The molecule has 0 aliphatic carbocycles. The molecule has 5 heterocycles. The molecule has 0 unspecified atom stereocenters. The predicted molar refractivity (Wildman–Crippen MR) is 114 cm³/mol. The molecule has 0 amide bonds. The highest BCUT2D eigenvalue weighted by molar-refractivity contribution is 7.17. The van der Waals surface area contributed by atoms with Gasteiger partial charge >= 0.3 is 0 Å². The Labute approximate surface area is 171 Å². The number of thiophene rings is 1. The van der Waals surface area contributed by atoms with E-state index < -0.39 is 0 Å². The maximum Gasteiger partial charge on any atom is 0.267 e. The normalized spacial score (nSPS) is 14.5. The molecule has 4 aromatic rings. The number of pyridine rings is 1. The van der Waals surface area contributed by atoms with Gasteiger partial charge in [0.1, 0.15) is 18.0 Å². The zero-order valence-corrected chi connectivity index (χ0v) is 16.5. The smallest absolute Gasteiger partial charge is 0.267 e. The van der Waals surface area contributed by atoms with Gasteiger partial charge < -0.3 is 9.80 Å². The molecular weight excluding hydrogens is 386 g/mol. The Morgan fingerprint density at radius 1 is 0.931 bits per heavy atom. The van der Waals surface area contributed by atoms with Crippen LogP contribution in [0.3, 0.4) is 0 Å². The van der Waals surface area contributed by atoms with Crippen LogP contribution in [-0.2, 0) is 6.54 Å². The van der Waals surface area contributed by atoms with Gasteiger partial charge in [-0.05, 0) is 29.6 Å². The Hall–Kier alpha value is -3.33. The van der Waals surface area contributed by atoms with Crippen LogP contribution in [0.15, 0.2) is 59.1 Å². The molecule has 1 aliphatic rings. The van der Waals surface area contributed by atoms with Crippen molar-refractivity contribution in [2.75, 3.05) is 36.0 Å². The number of hydrogen-bond acceptors (Lipinski definition) is 8. The number of aromatic nitrogens is 5. The SMILES string of the molecule is O=c1ccc(N2CCN(c3ncnc4ccsc34)CC2)nn1Cc1ccccn1. The first kappa shape index (κ1) is 17.7. The largest absolute Gasteiger partial charge is 0.352 e. The third-order valence-electron chi connectivity index (χ3n) is 5.02. The van der Waals surface area contributed by atoms with E-state index in [9.17, 15) is 4.79 Å². The second-order valence-corrected chi connectivity index (χ2v) is 7.73. The summed E-state index contributed by atoms with van der Waals surface area (Å²) in [6.07, 6.45) is 3.35. The zero-order chi connectivity index (χ0) is 19.6. The summed E-state index contributed by atoms with van der Waals surface area (Å²) in [5, 5.41) is 6.63. The van der Waals surface area contributed by atoms with Crippen LogP contribution in [0, 0.1) is 0 Å². The van der Waals surface area contributed by atoms with E-state index >= 15 is 0 Å². The number of rotatable bonds is 4. The minimum atomic E-state index is -0.126. The van der Waals surface area contributed by atoms with E-state index in [0.717, 1.165) is 53.7 Å². The summed E-state index contributed by atoms with van der Waals surface area (Å²) in [4.78, 5) is 29.9. The molecule has 9 heteroatoms. The molecule has 5 rings (SSSR count). The predicted octanol–water partition coefficient (Wildman–Crippen LogP) is 2.02.